The Kier molecular flexibility index (Phi) is 5.61. The third-order valence-electron chi connectivity index (χ3n) is 3.24. The van der Waals surface area contributed by atoms with Crippen molar-refractivity contribution in [2.24, 2.45) is 5.84 Å². The molecule has 1 atom stereocenters. The molecule has 3 N–H and O–H groups in total. The van der Waals surface area contributed by atoms with Gasteiger partial charge in [-0.3, -0.25) is 10.5 Å². The van der Waals surface area contributed by atoms with Crippen LogP contribution in [0, 0.1) is 0 Å². The second kappa shape index (κ2) is 7.24. The van der Waals surface area contributed by atoms with Crippen LogP contribution in [0.4, 0.5) is 0 Å². The summed E-state index contributed by atoms with van der Waals surface area (Å²) in [6, 6.07) is 7.27. The summed E-state index contributed by atoms with van der Waals surface area (Å²) in [5.41, 5.74) is 4.64. The predicted octanol–water partition coefficient (Wildman–Crippen LogP) is 2.30. The van der Waals surface area contributed by atoms with Gasteiger partial charge in [0.1, 0.15) is 0 Å². The van der Waals surface area contributed by atoms with Gasteiger partial charge in [0.25, 0.3) is 0 Å². The van der Waals surface area contributed by atoms with Crippen molar-refractivity contribution < 1.29 is 0 Å². The van der Waals surface area contributed by atoms with Crippen molar-refractivity contribution in [1.82, 2.24) is 20.1 Å². The zero-order valence-corrected chi connectivity index (χ0v) is 13.6. The molecule has 0 aliphatic rings. The summed E-state index contributed by atoms with van der Waals surface area (Å²) in [6.07, 6.45) is 1.65. The van der Waals surface area contributed by atoms with E-state index in [1.54, 1.807) is 6.20 Å². The summed E-state index contributed by atoms with van der Waals surface area (Å²) in [5.74, 6) is 5.73. The Morgan fingerprint density at radius 1 is 1.29 bits per heavy atom. The molecule has 7 heteroatoms. The normalized spacial score (nSPS) is 12.9. The van der Waals surface area contributed by atoms with E-state index in [9.17, 15) is 0 Å². The number of benzene rings is 1. The Hall–Kier alpha value is -1.11. The monoisotopic (exact) mass is 327 g/mol. The van der Waals surface area contributed by atoms with Crippen molar-refractivity contribution in [1.29, 1.82) is 0 Å². The fourth-order valence-electron chi connectivity index (χ4n) is 2.12. The van der Waals surface area contributed by atoms with E-state index >= 15 is 0 Å². The number of nitrogens with one attached hydrogen (secondary N) is 1. The van der Waals surface area contributed by atoms with E-state index in [-0.39, 0.29) is 6.04 Å². The fraction of sp³-hybridized carbons (Fsp3) is 0.357. The highest BCUT2D eigenvalue weighted by Gasteiger charge is 2.21. The van der Waals surface area contributed by atoms with E-state index in [2.05, 4.69) is 15.4 Å². The molecule has 114 valence electrons. The molecule has 1 aromatic heterocycles. The standard InChI is InChI=1S/C14H19Cl2N5/c1-20(2)7-8-21-14(12(16)9-18-21)13(19-17)10-3-5-11(15)6-4-10/h3-6,9,13,19H,7-8,17H2,1-2H3. The Morgan fingerprint density at radius 3 is 2.52 bits per heavy atom. The predicted molar refractivity (Wildman–Crippen MR) is 86.4 cm³/mol. The van der Waals surface area contributed by atoms with Crippen LogP contribution in [0.25, 0.3) is 0 Å². The second-order valence-corrected chi connectivity index (χ2v) is 5.90. The summed E-state index contributed by atoms with van der Waals surface area (Å²) in [7, 11) is 4.03. The van der Waals surface area contributed by atoms with E-state index in [1.165, 1.54) is 0 Å². The Bertz CT molecular complexity index is 580. The zero-order chi connectivity index (χ0) is 15.4. The molecule has 0 spiro atoms. The first-order valence-electron chi connectivity index (χ1n) is 6.60. The van der Waals surface area contributed by atoms with E-state index in [1.807, 2.05) is 43.0 Å². The highest BCUT2D eigenvalue weighted by atomic mass is 35.5. The lowest BCUT2D eigenvalue weighted by molar-refractivity contribution is 0.365. The first kappa shape index (κ1) is 16.3. The minimum atomic E-state index is -0.237. The van der Waals surface area contributed by atoms with Gasteiger partial charge in [-0.05, 0) is 31.8 Å². The molecule has 0 saturated heterocycles. The molecular formula is C14H19Cl2N5. The molecule has 1 heterocycles. The van der Waals surface area contributed by atoms with Crippen LogP contribution in [0.15, 0.2) is 30.5 Å². The van der Waals surface area contributed by atoms with E-state index in [0.717, 1.165) is 24.3 Å². The first-order valence-corrected chi connectivity index (χ1v) is 7.36. The maximum atomic E-state index is 6.30. The Morgan fingerprint density at radius 2 is 1.95 bits per heavy atom. The van der Waals surface area contributed by atoms with Crippen LogP contribution in [0.5, 0.6) is 0 Å². The van der Waals surface area contributed by atoms with Crippen LogP contribution < -0.4 is 11.3 Å². The summed E-state index contributed by atoms with van der Waals surface area (Å²) in [6.45, 7) is 1.60. The number of hydrogen-bond acceptors (Lipinski definition) is 4. The molecule has 21 heavy (non-hydrogen) atoms. The van der Waals surface area contributed by atoms with E-state index < -0.39 is 0 Å². The smallest absolute Gasteiger partial charge is 0.0893 e. The number of nitrogens with two attached hydrogens (primary N) is 1. The lowest BCUT2D eigenvalue weighted by Gasteiger charge is -2.20. The minimum absolute atomic E-state index is 0.237. The molecule has 0 fully saturated rings. The largest absolute Gasteiger partial charge is 0.308 e. The molecule has 0 amide bonds. The van der Waals surface area contributed by atoms with Crippen LogP contribution in [-0.2, 0) is 6.54 Å². The van der Waals surface area contributed by atoms with E-state index in [0.29, 0.717) is 10.0 Å². The van der Waals surface area contributed by atoms with Crippen molar-refractivity contribution in [3.63, 3.8) is 0 Å². The summed E-state index contributed by atoms with van der Waals surface area (Å²) in [4.78, 5) is 2.09. The third kappa shape index (κ3) is 3.96. The van der Waals surface area contributed by atoms with Crippen LogP contribution in [0.2, 0.25) is 10.0 Å². The second-order valence-electron chi connectivity index (χ2n) is 5.06. The van der Waals surface area contributed by atoms with Crippen LogP contribution in [0.3, 0.4) is 0 Å². The van der Waals surface area contributed by atoms with Crippen molar-refractivity contribution in [3.05, 3.63) is 51.8 Å². The molecule has 0 aliphatic carbocycles. The maximum Gasteiger partial charge on any atom is 0.0893 e. The SMILES string of the molecule is CN(C)CCn1ncc(Cl)c1C(NN)c1ccc(Cl)cc1. The summed E-state index contributed by atoms with van der Waals surface area (Å²) >= 11 is 12.2. The lowest BCUT2D eigenvalue weighted by atomic mass is 10.0. The summed E-state index contributed by atoms with van der Waals surface area (Å²) in [5, 5.41) is 5.61. The molecule has 0 radical (unpaired) electrons. The van der Waals surface area contributed by atoms with Gasteiger partial charge in [0.2, 0.25) is 0 Å². The average molecular weight is 328 g/mol. The van der Waals surface area contributed by atoms with Gasteiger partial charge in [-0.25, -0.2) is 5.43 Å². The number of nitrogens with zero attached hydrogens (tertiary/aromatic N) is 3. The van der Waals surface area contributed by atoms with Gasteiger partial charge in [0.05, 0.1) is 29.5 Å². The number of aromatic nitrogens is 2. The van der Waals surface area contributed by atoms with Crippen LogP contribution in [0.1, 0.15) is 17.3 Å². The van der Waals surface area contributed by atoms with Gasteiger partial charge in [-0.1, -0.05) is 35.3 Å². The number of hydrazine groups is 1. The molecule has 0 saturated carbocycles. The highest BCUT2D eigenvalue weighted by molar-refractivity contribution is 6.31. The number of rotatable bonds is 6. The minimum Gasteiger partial charge on any atom is -0.308 e. The van der Waals surface area contributed by atoms with Gasteiger partial charge in [0.15, 0.2) is 0 Å². The number of halogens is 2. The molecule has 0 bridgehead atoms. The lowest BCUT2D eigenvalue weighted by Crippen LogP contribution is -2.32. The van der Waals surface area contributed by atoms with Gasteiger partial charge in [0, 0.05) is 11.6 Å². The molecule has 2 aromatic rings. The molecule has 0 aliphatic heterocycles. The van der Waals surface area contributed by atoms with Crippen molar-refractivity contribution >= 4 is 23.2 Å². The molecule has 1 unspecified atom stereocenters. The van der Waals surface area contributed by atoms with Crippen molar-refractivity contribution in [2.75, 3.05) is 20.6 Å². The number of hydrogen-bond donors (Lipinski definition) is 2. The highest BCUT2D eigenvalue weighted by Crippen LogP contribution is 2.28. The van der Waals surface area contributed by atoms with Crippen molar-refractivity contribution in [2.45, 2.75) is 12.6 Å². The number of likely N-dealkylation sites (N-methyl/N-ethyl adjacent to an activating group) is 1. The topological polar surface area (TPSA) is 59.1 Å². The first-order chi connectivity index (χ1) is 10.0. The van der Waals surface area contributed by atoms with Crippen molar-refractivity contribution in [3.8, 4) is 0 Å². The van der Waals surface area contributed by atoms with E-state index in [4.69, 9.17) is 29.0 Å². The van der Waals surface area contributed by atoms with Crippen LogP contribution in [-0.4, -0.2) is 35.3 Å². The molecule has 2 rings (SSSR count). The fourth-order valence-corrected chi connectivity index (χ4v) is 2.50. The third-order valence-corrected chi connectivity index (χ3v) is 3.78. The molecule has 5 nitrogen and oxygen atoms in total. The zero-order valence-electron chi connectivity index (χ0n) is 12.1. The Labute approximate surface area is 134 Å². The van der Waals surface area contributed by atoms with Gasteiger partial charge in [-0.15, -0.1) is 0 Å². The average Bonchev–Trinajstić information content (AvgIpc) is 2.81. The quantitative estimate of drug-likeness (QED) is 0.631. The van der Waals surface area contributed by atoms with Gasteiger partial charge < -0.3 is 4.90 Å². The molecular weight excluding hydrogens is 309 g/mol. The maximum absolute atomic E-state index is 6.30. The Balaban J connectivity index is 2.33. The van der Waals surface area contributed by atoms with Gasteiger partial charge in [-0.2, -0.15) is 5.10 Å². The molecule has 1 aromatic carbocycles. The van der Waals surface area contributed by atoms with Crippen LogP contribution >= 0.6 is 23.2 Å². The van der Waals surface area contributed by atoms with Gasteiger partial charge >= 0.3 is 0 Å². The summed E-state index contributed by atoms with van der Waals surface area (Å²) < 4.78 is 1.88.